The van der Waals surface area contributed by atoms with Crippen molar-refractivity contribution in [3.63, 3.8) is 0 Å². The molecule has 2 heterocycles. The molecule has 23 heavy (non-hydrogen) atoms. The van der Waals surface area contributed by atoms with E-state index in [1.54, 1.807) is 12.4 Å². The minimum atomic E-state index is 0.0556. The first-order valence-corrected chi connectivity index (χ1v) is 8.85. The molecule has 0 spiro atoms. The molecular formula is C18H20N2O2S. The van der Waals surface area contributed by atoms with Crippen molar-refractivity contribution >= 4 is 17.7 Å². The van der Waals surface area contributed by atoms with E-state index in [1.165, 1.54) is 0 Å². The molecule has 0 aliphatic carbocycles. The summed E-state index contributed by atoms with van der Waals surface area (Å²) in [5.74, 6) is 1.94. The summed E-state index contributed by atoms with van der Waals surface area (Å²) < 4.78 is 5.50. The van der Waals surface area contributed by atoms with Crippen LogP contribution < -0.4 is 4.74 Å². The molecule has 1 aromatic carbocycles. The number of carbonyl (C=O) groups excluding carboxylic acids is 1. The van der Waals surface area contributed by atoms with Gasteiger partial charge in [0.25, 0.3) is 0 Å². The number of amides is 1. The number of aromatic nitrogens is 1. The molecule has 1 fully saturated rings. The van der Waals surface area contributed by atoms with E-state index in [2.05, 4.69) is 17.1 Å². The summed E-state index contributed by atoms with van der Waals surface area (Å²) in [7, 11) is 0. The maximum atomic E-state index is 12.4. The zero-order valence-corrected chi connectivity index (χ0v) is 14.0. The van der Waals surface area contributed by atoms with Crippen LogP contribution in [0.5, 0.6) is 5.75 Å². The molecule has 1 aromatic heterocycles. The van der Waals surface area contributed by atoms with Gasteiger partial charge >= 0.3 is 0 Å². The number of nitrogens with zero attached hydrogens (tertiary/aromatic N) is 2. The van der Waals surface area contributed by atoms with Gasteiger partial charge in [0.05, 0.1) is 6.61 Å². The number of pyridine rings is 1. The molecule has 2 aromatic rings. The highest BCUT2D eigenvalue weighted by atomic mass is 32.2. The Balaban J connectivity index is 1.81. The van der Waals surface area contributed by atoms with Crippen molar-refractivity contribution in [2.75, 3.05) is 12.4 Å². The van der Waals surface area contributed by atoms with Crippen LogP contribution >= 0.6 is 11.8 Å². The third-order valence-electron chi connectivity index (χ3n) is 3.77. The molecule has 5 heteroatoms. The van der Waals surface area contributed by atoms with Crippen LogP contribution in [0, 0.1) is 0 Å². The van der Waals surface area contributed by atoms with Crippen molar-refractivity contribution in [2.24, 2.45) is 0 Å². The smallest absolute Gasteiger partial charge is 0.224 e. The average molecular weight is 328 g/mol. The highest BCUT2D eigenvalue weighted by Crippen LogP contribution is 2.38. The fourth-order valence-electron chi connectivity index (χ4n) is 2.65. The van der Waals surface area contributed by atoms with Gasteiger partial charge in [0.1, 0.15) is 11.1 Å². The number of hydrogen-bond acceptors (Lipinski definition) is 4. The first-order valence-electron chi connectivity index (χ1n) is 7.80. The van der Waals surface area contributed by atoms with Crippen molar-refractivity contribution < 1.29 is 9.53 Å². The molecule has 1 unspecified atom stereocenters. The lowest BCUT2D eigenvalue weighted by Gasteiger charge is -2.35. The van der Waals surface area contributed by atoms with E-state index < -0.39 is 0 Å². The van der Waals surface area contributed by atoms with Gasteiger partial charge < -0.3 is 9.64 Å². The number of ether oxygens (including phenoxy) is 1. The van der Waals surface area contributed by atoms with E-state index in [0.29, 0.717) is 19.6 Å². The molecule has 4 nitrogen and oxygen atoms in total. The molecule has 1 amide bonds. The second kappa shape index (κ2) is 7.51. The van der Waals surface area contributed by atoms with Gasteiger partial charge in [0.15, 0.2) is 0 Å². The fraction of sp³-hybridized carbons (Fsp3) is 0.333. The number of thioether (sulfide) groups is 1. The Hall–Kier alpha value is -2.01. The number of hydrogen-bond donors (Lipinski definition) is 0. The SMILES string of the molecule is CCOc1ccc(C2SCCC(=O)N2Cc2ccncc2)cc1. The molecule has 120 valence electrons. The van der Waals surface area contributed by atoms with E-state index in [1.807, 2.05) is 47.9 Å². The van der Waals surface area contributed by atoms with Crippen molar-refractivity contribution in [1.29, 1.82) is 0 Å². The van der Waals surface area contributed by atoms with Gasteiger partial charge in [0, 0.05) is 31.1 Å². The largest absolute Gasteiger partial charge is 0.494 e. The molecule has 0 N–H and O–H groups in total. The van der Waals surface area contributed by atoms with Crippen molar-refractivity contribution in [1.82, 2.24) is 9.88 Å². The summed E-state index contributed by atoms with van der Waals surface area (Å²) in [5.41, 5.74) is 2.24. The monoisotopic (exact) mass is 328 g/mol. The Morgan fingerprint density at radius 2 is 1.96 bits per heavy atom. The van der Waals surface area contributed by atoms with Gasteiger partial charge in [-0.2, -0.15) is 0 Å². The third kappa shape index (κ3) is 3.85. The van der Waals surface area contributed by atoms with Gasteiger partial charge in [-0.15, -0.1) is 11.8 Å². The summed E-state index contributed by atoms with van der Waals surface area (Å²) in [6, 6.07) is 12.0. The summed E-state index contributed by atoms with van der Waals surface area (Å²) in [6.07, 6.45) is 4.13. The zero-order chi connectivity index (χ0) is 16.1. The number of benzene rings is 1. The molecule has 0 saturated carbocycles. The maximum absolute atomic E-state index is 12.4. The van der Waals surface area contributed by atoms with Crippen LogP contribution in [0.1, 0.15) is 29.8 Å². The summed E-state index contributed by atoms with van der Waals surface area (Å²) in [5, 5.41) is 0.0556. The lowest BCUT2D eigenvalue weighted by atomic mass is 10.1. The highest BCUT2D eigenvalue weighted by Gasteiger charge is 2.29. The average Bonchev–Trinajstić information content (AvgIpc) is 2.59. The second-order valence-corrected chi connectivity index (χ2v) is 6.54. The molecule has 1 atom stereocenters. The lowest BCUT2D eigenvalue weighted by molar-refractivity contribution is -0.132. The van der Waals surface area contributed by atoms with E-state index >= 15 is 0 Å². The number of carbonyl (C=O) groups is 1. The van der Waals surface area contributed by atoms with Crippen LogP contribution in [0.3, 0.4) is 0 Å². The van der Waals surface area contributed by atoms with Gasteiger partial charge in [-0.05, 0) is 42.3 Å². The highest BCUT2D eigenvalue weighted by molar-refractivity contribution is 7.99. The van der Waals surface area contributed by atoms with Crippen molar-refractivity contribution in [3.05, 3.63) is 59.9 Å². The van der Waals surface area contributed by atoms with E-state index in [0.717, 1.165) is 22.6 Å². The summed E-state index contributed by atoms with van der Waals surface area (Å²) in [4.78, 5) is 18.4. The molecule has 1 saturated heterocycles. The number of rotatable bonds is 5. The van der Waals surface area contributed by atoms with Crippen LogP contribution in [-0.4, -0.2) is 28.2 Å². The third-order valence-corrected chi connectivity index (χ3v) is 5.06. The van der Waals surface area contributed by atoms with Crippen molar-refractivity contribution in [3.8, 4) is 5.75 Å². The van der Waals surface area contributed by atoms with Gasteiger partial charge in [-0.25, -0.2) is 0 Å². The molecule has 1 aliphatic heterocycles. The van der Waals surface area contributed by atoms with Crippen molar-refractivity contribution in [2.45, 2.75) is 25.3 Å². The zero-order valence-electron chi connectivity index (χ0n) is 13.1. The first-order chi connectivity index (χ1) is 11.3. The first kappa shape index (κ1) is 15.9. The maximum Gasteiger partial charge on any atom is 0.224 e. The van der Waals surface area contributed by atoms with E-state index in [4.69, 9.17) is 4.74 Å². The van der Waals surface area contributed by atoms with E-state index in [9.17, 15) is 4.79 Å². The molecule has 3 rings (SSSR count). The Labute approximate surface area is 140 Å². The summed E-state index contributed by atoms with van der Waals surface area (Å²) in [6.45, 7) is 3.25. The normalized spacial score (nSPS) is 18.0. The molecular weight excluding hydrogens is 308 g/mol. The van der Waals surface area contributed by atoms with Crippen LogP contribution in [0.4, 0.5) is 0 Å². The van der Waals surface area contributed by atoms with Crippen LogP contribution in [0.15, 0.2) is 48.8 Å². The predicted molar refractivity (Wildman–Crippen MR) is 92.2 cm³/mol. The molecule has 0 radical (unpaired) electrons. The lowest BCUT2D eigenvalue weighted by Crippen LogP contribution is -2.36. The van der Waals surface area contributed by atoms with Crippen LogP contribution in [0.25, 0.3) is 0 Å². The standard InChI is InChI=1S/C18H20N2O2S/c1-2-22-16-5-3-15(4-6-16)18-20(17(21)9-12-23-18)13-14-7-10-19-11-8-14/h3-8,10-11,18H,2,9,12-13H2,1H3. The fourth-order valence-corrected chi connectivity index (χ4v) is 3.89. The minimum Gasteiger partial charge on any atom is -0.494 e. The summed E-state index contributed by atoms with van der Waals surface area (Å²) >= 11 is 1.82. The predicted octanol–water partition coefficient (Wildman–Crippen LogP) is 3.64. The van der Waals surface area contributed by atoms with Crippen LogP contribution in [-0.2, 0) is 11.3 Å². The Bertz CT molecular complexity index is 646. The molecule has 1 aliphatic rings. The minimum absolute atomic E-state index is 0.0556. The van der Waals surface area contributed by atoms with Gasteiger partial charge in [-0.1, -0.05) is 12.1 Å². The van der Waals surface area contributed by atoms with Gasteiger partial charge in [0.2, 0.25) is 5.91 Å². The van der Waals surface area contributed by atoms with Crippen LogP contribution in [0.2, 0.25) is 0 Å². The Morgan fingerprint density at radius 3 is 2.65 bits per heavy atom. The second-order valence-electron chi connectivity index (χ2n) is 5.35. The quantitative estimate of drug-likeness (QED) is 0.840. The van der Waals surface area contributed by atoms with E-state index in [-0.39, 0.29) is 11.3 Å². The molecule has 0 bridgehead atoms. The topological polar surface area (TPSA) is 42.4 Å². The van der Waals surface area contributed by atoms with Gasteiger partial charge in [-0.3, -0.25) is 9.78 Å². The Kier molecular flexibility index (Phi) is 5.18. The Morgan fingerprint density at radius 1 is 1.22 bits per heavy atom.